The van der Waals surface area contributed by atoms with Gasteiger partial charge in [-0.25, -0.2) is 4.57 Å². The average Bonchev–Trinajstić information content (AvgIpc) is 2.65. The average molecular weight is 398 g/mol. The number of hydrogen-bond donors (Lipinski definition) is 2. The fourth-order valence-corrected chi connectivity index (χ4v) is 4.26. The Morgan fingerprint density at radius 1 is 0.778 bits per heavy atom. The molecule has 3 aromatic rings. The smallest absolute Gasteiger partial charge is 0.426 e. The van der Waals surface area contributed by atoms with Crippen LogP contribution in [-0.4, -0.2) is 9.79 Å². The predicted octanol–water partition coefficient (Wildman–Crippen LogP) is 5.06. The number of hydrogen-bond acceptors (Lipinski definition) is 4. The summed E-state index contributed by atoms with van der Waals surface area (Å²) < 4.78 is 22.5. The van der Waals surface area contributed by atoms with E-state index in [4.69, 9.17) is 9.26 Å². The fourth-order valence-electron chi connectivity index (χ4n) is 2.83. The number of phosphoric acid groups is 1. The van der Waals surface area contributed by atoms with Crippen LogP contribution in [0.4, 0.5) is 0 Å². The summed E-state index contributed by atoms with van der Waals surface area (Å²) in [4.78, 5) is 20.8. The van der Waals surface area contributed by atoms with Crippen LogP contribution in [0.1, 0.15) is 11.1 Å². The molecule has 0 amide bonds. The first-order valence-electron chi connectivity index (χ1n) is 8.10. The third kappa shape index (κ3) is 3.94. The van der Waals surface area contributed by atoms with Gasteiger partial charge in [0, 0.05) is 20.9 Å². The Kier molecular flexibility index (Phi) is 4.81. The van der Waals surface area contributed by atoms with Gasteiger partial charge in [-0.3, -0.25) is 9.79 Å². The fraction of sp³-hybridized carbons (Fsp3) is 0. The van der Waals surface area contributed by atoms with E-state index in [-0.39, 0.29) is 5.95 Å². The van der Waals surface area contributed by atoms with Gasteiger partial charge in [-0.15, -0.1) is 0 Å². The normalized spacial score (nSPS) is 12.7. The van der Waals surface area contributed by atoms with Gasteiger partial charge in [-0.05, 0) is 24.3 Å². The standard InChI is InChI=1S/C20H15O5PS/c21-26(22,23)25-20(24-14-8-2-1-3-9-14)19-15-10-4-6-12-17(15)27-18-13-7-5-11-16(18)19/h1-13H,(H2,21,22,23). The molecule has 0 aromatic heterocycles. The maximum Gasteiger partial charge on any atom is 0.527 e. The predicted molar refractivity (Wildman–Crippen MR) is 103 cm³/mol. The van der Waals surface area contributed by atoms with Crippen LogP contribution in [0.2, 0.25) is 0 Å². The van der Waals surface area contributed by atoms with Crippen molar-refractivity contribution in [1.29, 1.82) is 0 Å². The van der Waals surface area contributed by atoms with Crippen molar-refractivity contribution >= 4 is 25.2 Å². The summed E-state index contributed by atoms with van der Waals surface area (Å²) in [5, 5.41) is 0. The SMILES string of the molecule is O=P(O)(O)OC(Oc1ccccc1)=C1c2ccccc2Sc2ccccc21. The number of rotatable bonds is 4. The summed E-state index contributed by atoms with van der Waals surface area (Å²) in [6.07, 6.45) is 0. The number of para-hydroxylation sites is 1. The molecule has 1 heterocycles. The minimum Gasteiger partial charge on any atom is -0.426 e. The molecule has 2 N–H and O–H groups in total. The van der Waals surface area contributed by atoms with Gasteiger partial charge in [0.15, 0.2) is 0 Å². The van der Waals surface area contributed by atoms with E-state index in [0.717, 1.165) is 20.9 Å². The second kappa shape index (κ2) is 7.25. The highest BCUT2D eigenvalue weighted by atomic mass is 32.2. The Hall–Kier alpha value is -2.50. The molecule has 0 radical (unpaired) electrons. The first-order valence-corrected chi connectivity index (χ1v) is 10.4. The first kappa shape index (κ1) is 17.9. The monoisotopic (exact) mass is 398 g/mol. The molecule has 0 atom stereocenters. The summed E-state index contributed by atoms with van der Waals surface area (Å²) >= 11 is 1.59. The molecule has 0 saturated carbocycles. The molecule has 0 fully saturated rings. The molecule has 0 bridgehead atoms. The van der Waals surface area contributed by atoms with Crippen LogP contribution in [0.15, 0.2) is 94.6 Å². The second-order valence-electron chi connectivity index (χ2n) is 5.75. The van der Waals surface area contributed by atoms with E-state index in [0.29, 0.717) is 11.3 Å². The van der Waals surface area contributed by atoms with Gasteiger partial charge in [0.2, 0.25) is 0 Å². The summed E-state index contributed by atoms with van der Waals surface area (Å²) in [6.45, 7) is 0. The van der Waals surface area contributed by atoms with Gasteiger partial charge in [0.1, 0.15) is 5.75 Å². The van der Waals surface area contributed by atoms with Gasteiger partial charge in [-0.1, -0.05) is 66.4 Å². The Balaban J connectivity index is 1.96. The molecule has 1 aliphatic heterocycles. The van der Waals surface area contributed by atoms with Crippen LogP contribution in [0.25, 0.3) is 5.57 Å². The topological polar surface area (TPSA) is 76.0 Å². The summed E-state index contributed by atoms with van der Waals surface area (Å²) in [5.41, 5.74) is 2.09. The minimum atomic E-state index is -4.84. The molecule has 136 valence electrons. The molecule has 1 aliphatic rings. The second-order valence-corrected chi connectivity index (χ2v) is 8.00. The molecule has 0 aliphatic carbocycles. The number of benzene rings is 3. The molecule has 27 heavy (non-hydrogen) atoms. The van der Waals surface area contributed by atoms with Crippen LogP contribution >= 0.6 is 19.6 Å². The van der Waals surface area contributed by atoms with E-state index in [1.165, 1.54) is 0 Å². The summed E-state index contributed by atoms with van der Waals surface area (Å²) in [7, 11) is -4.84. The summed E-state index contributed by atoms with van der Waals surface area (Å²) in [6, 6.07) is 24.0. The maximum absolute atomic E-state index is 11.7. The Morgan fingerprint density at radius 2 is 1.30 bits per heavy atom. The van der Waals surface area contributed by atoms with Crippen molar-refractivity contribution in [1.82, 2.24) is 0 Å². The number of phosphoric ester groups is 1. The molecule has 7 heteroatoms. The molecule has 5 nitrogen and oxygen atoms in total. The highest BCUT2D eigenvalue weighted by Gasteiger charge is 2.29. The first-order chi connectivity index (χ1) is 13.0. The zero-order valence-electron chi connectivity index (χ0n) is 14.0. The van der Waals surface area contributed by atoms with Crippen molar-refractivity contribution < 1.29 is 23.6 Å². The highest BCUT2D eigenvalue weighted by Crippen LogP contribution is 2.49. The molecule has 0 spiro atoms. The van der Waals surface area contributed by atoms with Crippen molar-refractivity contribution in [2.45, 2.75) is 9.79 Å². The van der Waals surface area contributed by atoms with Crippen molar-refractivity contribution in [3.05, 3.63) is 95.9 Å². The van der Waals surface area contributed by atoms with Gasteiger partial charge in [0.25, 0.3) is 0 Å². The minimum absolute atomic E-state index is 0.227. The van der Waals surface area contributed by atoms with E-state index < -0.39 is 7.82 Å². The zero-order chi connectivity index (χ0) is 18.9. The van der Waals surface area contributed by atoms with Crippen LogP contribution < -0.4 is 4.74 Å². The van der Waals surface area contributed by atoms with Crippen LogP contribution in [0, 0.1) is 0 Å². The van der Waals surface area contributed by atoms with Gasteiger partial charge < -0.3 is 9.26 Å². The number of fused-ring (bicyclic) bond motifs is 2. The van der Waals surface area contributed by atoms with Crippen LogP contribution in [0.5, 0.6) is 5.75 Å². The molecule has 0 unspecified atom stereocenters. The van der Waals surface area contributed by atoms with Crippen molar-refractivity contribution in [2.24, 2.45) is 0 Å². The Bertz CT molecular complexity index is 1010. The lowest BCUT2D eigenvalue weighted by Gasteiger charge is -2.24. The molecule has 3 aromatic carbocycles. The van der Waals surface area contributed by atoms with E-state index in [2.05, 4.69) is 0 Å². The van der Waals surface area contributed by atoms with Crippen molar-refractivity contribution in [3.63, 3.8) is 0 Å². The Morgan fingerprint density at radius 3 is 1.85 bits per heavy atom. The maximum atomic E-state index is 11.7. The molecule has 0 saturated heterocycles. The molecular formula is C20H15O5PS. The third-order valence-corrected chi connectivity index (χ3v) is 5.45. The highest BCUT2D eigenvalue weighted by molar-refractivity contribution is 7.99. The Labute approximate surface area is 160 Å². The lowest BCUT2D eigenvalue weighted by molar-refractivity contribution is 0.167. The lowest BCUT2D eigenvalue weighted by Crippen LogP contribution is -2.08. The van der Waals surface area contributed by atoms with Crippen LogP contribution in [0.3, 0.4) is 0 Å². The summed E-state index contributed by atoms with van der Waals surface area (Å²) in [5.74, 6) is 0.191. The lowest BCUT2D eigenvalue weighted by atomic mass is 9.98. The van der Waals surface area contributed by atoms with Gasteiger partial charge in [-0.2, -0.15) is 0 Å². The van der Waals surface area contributed by atoms with E-state index in [1.807, 2.05) is 54.6 Å². The van der Waals surface area contributed by atoms with E-state index >= 15 is 0 Å². The zero-order valence-corrected chi connectivity index (χ0v) is 15.7. The number of ether oxygens (including phenoxy) is 1. The van der Waals surface area contributed by atoms with E-state index in [1.54, 1.807) is 36.0 Å². The van der Waals surface area contributed by atoms with Gasteiger partial charge in [0.05, 0.1) is 5.57 Å². The molecular weight excluding hydrogens is 383 g/mol. The van der Waals surface area contributed by atoms with Gasteiger partial charge >= 0.3 is 13.8 Å². The van der Waals surface area contributed by atoms with Crippen LogP contribution in [-0.2, 0) is 9.09 Å². The largest absolute Gasteiger partial charge is 0.527 e. The molecule has 4 rings (SSSR count). The van der Waals surface area contributed by atoms with Crippen molar-refractivity contribution in [3.8, 4) is 5.75 Å². The third-order valence-electron chi connectivity index (χ3n) is 3.89. The quantitative estimate of drug-likeness (QED) is 0.370. The van der Waals surface area contributed by atoms with E-state index in [9.17, 15) is 14.4 Å². The van der Waals surface area contributed by atoms with Crippen molar-refractivity contribution in [2.75, 3.05) is 0 Å².